The molecule has 0 saturated carbocycles. The minimum Gasteiger partial charge on any atom is -0.465 e. The van der Waals surface area contributed by atoms with Gasteiger partial charge in [-0.3, -0.25) is 4.79 Å². The first kappa shape index (κ1) is 16.2. The summed E-state index contributed by atoms with van der Waals surface area (Å²) < 4.78 is 4.63. The third-order valence-electron chi connectivity index (χ3n) is 3.34. The van der Waals surface area contributed by atoms with Crippen molar-refractivity contribution in [3.05, 3.63) is 29.8 Å². The summed E-state index contributed by atoms with van der Waals surface area (Å²) in [5, 5.41) is 2.89. The summed E-state index contributed by atoms with van der Waals surface area (Å²) >= 11 is 0. The molecule has 110 valence electrons. The maximum Gasteiger partial charge on any atom is 0.337 e. The Hall–Kier alpha value is -1.84. The second-order valence-corrected chi connectivity index (χ2v) is 4.81. The van der Waals surface area contributed by atoms with Crippen LogP contribution >= 0.6 is 0 Å². The van der Waals surface area contributed by atoms with E-state index in [1.165, 1.54) is 7.11 Å². The molecule has 0 heterocycles. The summed E-state index contributed by atoms with van der Waals surface area (Å²) in [6, 6.07) is 6.73. The van der Waals surface area contributed by atoms with E-state index in [9.17, 15) is 9.59 Å². The van der Waals surface area contributed by atoms with Crippen molar-refractivity contribution in [1.29, 1.82) is 0 Å². The number of benzene rings is 1. The van der Waals surface area contributed by atoms with Crippen LogP contribution in [0.15, 0.2) is 24.3 Å². The summed E-state index contributed by atoms with van der Waals surface area (Å²) in [4.78, 5) is 23.4. The van der Waals surface area contributed by atoms with Crippen molar-refractivity contribution in [2.45, 2.75) is 39.5 Å². The zero-order valence-corrected chi connectivity index (χ0v) is 12.4. The fourth-order valence-electron chi connectivity index (χ4n) is 2.02. The van der Waals surface area contributed by atoms with E-state index in [4.69, 9.17) is 0 Å². The summed E-state index contributed by atoms with van der Waals surface area (Å²) in [6.07, 6.45) is 3.91. The molecule has 1 amide bonds. The number of amides is 1. The lowest BCUT2D eigenvalue weighted by Crippen LogP contribution is -2.22. The monoisotopic (exact) mass is 277 g/mol. The number of nitrogens with one attached hydrogen (secondary N) is 1. The number of rotatable bonds is 7. The number of anilines is 1. The van der Waals surface area contributed by atoms with Crippen LogP contribution in [0.3, 0.4) is 0 Å². The fourth-order valence-corrected chi connectivity index (χ4v) is 2.02. The predicted octanol–water partition coefficient (Wildman–Crippen LogP) is 3.63. The molecule has 0 aliphatic heterocycles. The van der Waals surface area contributed by atoms with Gasteiger partial charge in [-0.15, -0.1) is 0 Å². The van der Waals surface area contributed by atoms with Crippen LogP contribution in [0.4, 0.5) is 5.69 Å². The van der Waals surface area contributed by atoms with Crippen LogP contribution in [0, 0.1) is 5.92 Å². The van der Waals surface area contributed by atoms with Gasteiger partial charge in [0, 0.05) is 11.6 Å². The molecule has 4 nitrogen and oxygen atoms in total. The predicted molar refractivity (Wildman–Crippen MR) is 79.7 cm³/mol. The Morgan fingerprint density at radius 2 is 1.85 bits per heavy atom. The number of unbranched alkanes of at least 4 members (excludes halogenated alkanes) is 1. The lowest BCUT2D eigenvalue weighted by atomic mass is 9.98. The van der Waals surface area contributed by atoms with E-state index >= 15 is 0 Å². The number of ether oxygens (including phenoxy) is 1. The lowest BCUT2D eigenvalue weighted by Gasteiger charge is -2.14. The van der Waals surface area contributed by atoms with Gasteiger partial charge in [-0.1, -0.05) is 26.7 Å². The van der Waals surface area contributed by atoms with Crippen molar-refractivity contribution in [1.82, 2.24) is 0 Å². The van der Waals surface area contributed by atoms with Gasteiger partial charge in [0.25, 0.3) is 0 Å². The Balaban J connectivity index is 2.63. The summed E-state index contributed by atoms with van der Waals surface area (Å²) in [7, 11) is 1.34. The Labute approximate surface area is 120 Å². The topological polar surface area (TPSA) is 55.4 Å². The molecule has 0 radical (unpaired) electrons. The molecule has 4 heteroatoms. The average molecular weight is 277 g/mol. The minimum absolute atomic E-state index is 0.0479. The van der Waals surface area contributed by atoms with Crippen LogP contribution in [0.25, 0.3) is 0 Å². The fraction of sp³-hybridized carbons (Fsp3) is 0.500. The molecule has 0 aromatic heterocycles. The van der Waals surface area contributed by atoms with Crippen molar-refractivity contribution in [3.63, 3.8) is 0 Å². The van der Waals surface area contributed by atoms with E-state index in [1.807, 2.05) is 6.92 Å². The van der Waals surface area contributed by atoms with Gasteiger partial charge in [0.2, 0.25) is 5.91 Å². The first-order valence-electron chi connectivity index (χ1n) is 7.11. The molecule has 1 unspecified atom stereocenters. The van der Waals surface area contributed by atoms with Crippen LogP contribution in [0.2, 0.25) is 0 Å². The summed E-state index contributed by atoms with van der Waals surface area (Å²) in [5.41, 5.74) is 1.18. The van der Waals surface area contributed by atoms with Crippen molar-refractivity contribution in [3.8, 4) is 0 Å². The molecule has 0 bridgehead atoms. The Morgan fingerprint density at radius 1 is 1.20 bits per heavy atom. The highest BCUT2D eigenvalue weighted by molar-refractivity contribution is 5.94. The van der Waals surface area contributed by atoms with Crippen LogP contribution in [-0.4, -0.2) is 19.0 Å². The van der Waals surface area contributed by atoms with Gasteiger partial charge in [-0.05, 0) is 37.1 Å². The number of esters is 1. The smallest absolute Gasteiger partial charge is 0.337 e. The molecule has 1 aromatic carbocycles. The van der Waals surface area contributed by atoms with Crippen molar-refractivity contribution in [2.75, 3.05) is 12.4 Å². The molecule has 0 saturated heterocycles. The molecular formula is C16H23NO3. The molecule has 0 aliphatic carbocycles. The average Bonchev–Trinajstić information content (AvgIpc) is 2.48. The van der Waals surface area contributed by atoms with Crippen molar-refractivity contribution in [2.24, 2.45) is 5.92 Å². The molecule has 1 aromatic rings. The first-order chi connectivity index (χ1) is 9.62. The van der Waals surface area contributed by atoms with Crippen molar-refractivity contribution < 1.29 is 14.3 Å². The summed E-state index contributed by atoms with van der Waals surface area (Å²) in [5.74, 6) is -0.278. The largest absolute Gasteiger partial charge is 0.465 e. The highest BCUT2D eigenvalue weighted by atomic mass is 16.5. The molecule has 20 heavy (non-hydrogen) atoms. The van der Waals surface area contributed by atoms with Gasteiger partial charge in [0.1, 0.15) is 0 Å². The highest BCUT2D eigenvalue weighted by Crippen LogP contribution is 2.17. The molecule has 1 atom stereocenters. The normalized spacial score (nSPS) is 11.8. The van der Waals surface area contributed by atoms with Crippen LogP contribution in [0.5, 0.6) is 0 Å². The second-order valence-electron chi connectivity index (χ2n) is 4.81. The third-order valence-corrected chi connectivity index (χ3v) is 3.34. The number of methoxy groups -OCH3 is 1. The van der Waals surface area contributed by atoms with E-state index in [1.54, 1.807) is 24.3 Å². The summed E-state index contributed by atoms with van der Waals surface area (Å²) in [6.45, 7) is 4.15. The molecule has 0 aliphatic rings. The van der Waals surface area contributed by atoms with E-state index in [0.29, 0.717) is 11.3 Å². The molecule has 1 rings (SSSR count). The van der Waals surface area contributed by atoms with Gasteiger partial charge < -0.3 is 10.1 Å². The molecule has 1 N–H and O–H groups in total. The number of carbonyl (C=O) groups excluding carboxylic acids is 2. The van der Waals surface area contributed by atoms with E-state index in [0.717, 1.165) is 25.7 Å². The van der Waals surface area contributed by atoms with Gasteiger partial charge in [-0.2, -0.15) is 0 Å². The van der Waals surface area contributed by atoms with E-state index < -0.39 is 0 Å². The zero-order chi connectivity index (χ0) is 15.0. The maximum atomic E-state index is 12.1. The van der Waals surface area contributed by atoms with Crippen LogP contribution in [0.1, 0.15) is 49.9 Å². The highest BCUT2D eigenvalue weighted by Gasteiger charge is 2.16. The second kappa shape index (κ2) is 8.35. The van der Waals surface area contributed by atoms with E-state index in [2.05, 4.69) is 17.0 Å². The Bertz CT molecular complexity index is 440. The van der Waals surface area contributed by atoms with Gasteiger partial charge in [0.15, 0.2) is 0 Å². The van der Waals surface area contributed by atoms with Gasteiger partial charge in [0.05, 0.1) is 12.7 Å². The third kappa shape index (κ3) is 4.68. The molecule has 0 fully saturated rings. The zero-order valence-electron chi connectivity index (χ0n) is 12.4. The number of carbonyl (C=O) groups is 2. The number of hydrogen-bond donors (Lipinski definition) is 1. The van der Waals surface area contributed by atoms with E-state index in [-0.39, 0.29) is 17.8 Å². The minimum atomic E-state index is -0.378. The maximum absolute atomic E-state index is 12.1. The molecule has 0 spiro atoms. The quantitative estimate of drug-likeness (QED) is 0.774. The molecular weight excluding hydrogens is 254 g/mol. The lowest BCUT2D eigenvalue weighted by molar-refractivity contribution is -0.120. The Kier molecular flexibility index (Phi) is 6.77. The standard InChI is InChI=1S/C16H23NO3/c1-4-6-7-12(5-2)15(18)17-14-10-8-13(9-11-14)16(19)20-3/h8-12H,4-7H2,1-3H3,(H,17,18). The Morgan fingerprint density at radius 3 is 2.35 bits per heavy atom. The SMILES string of the molecule is CCCCC(CC)C(=O)Nc1ccc(C(=O)OC)cc1. The van der Waals surface area contributed by atoms with Gasteiger partial charge >= 0.3 is 5.97 Å². The van der Waals surface area contributed by atoms with Crippen LogP contribution in [-0.2, 0) is 9.53 Å². The van der Waals surface area contributed by atoms with Crippen molar-refractivity contribution >= 4 is 17.6 Å². The number of hydrogen-bond acceptors (Lipinski definition) is 3. The van der Waals surface area contributed by atoms with Gasteiger partial charge in [-0.25, -0.2) is 4.79 Å². The van der Waals surface area contributed by atoms with Crippen LogP contribution < -0.4 is 5.32 Å². The first-order valence-corrected chi connectivity index (χ1v) is 7.11.